The predicted molar refractivity (Wildman–Crippen MR) is 121 cm³/mol. The maximum Gasteiger partial charge on any atom is 0.163 e. The molecule has 5 rings (SSSR count). The summed E-state index contributed by atoms with van der Waals surface area (Å²) in [7, 11) is 0. The van der Waals surface area contributed by atoms with Crippen LogP contribution in [0.5, 0.6) is 0 Å². The molecule has 0 spiro atoms. The predicted octanol–water partition coefficient (Wildman–Crippen LogP) is 2.20. The van der Waals surface area contributed by atoms with Crippen molar-refractivity contribution >= 4 is 17.2 Å². The lowest BCUT2D eigenvalue weighted by atomic mass is 10.1. The molecule has 2 aromatic heterocycles. The van der Waals surface area contributed by atoms with Crippen molar-refractivity contribution < 1.29 is 9.84 Å². The lowest BCUT2D eigenvalue weighted by Crippen LogP contribution is -2.36. The Morgan fingerprint density at radius 1 is 1.00 bits per heavy atom. The Balaban J connectivity index is 1.54. The number of benzene rings is 1. The van der Waals surface area contributed by atoms with Crippen molar-refractivity contribution in [2.45, 2.75) is 12.5 Å². The number of aromatic nitrogens is 3. The minimum atomic E-state index is -0.330. The van der Waals surface area contributed by atoms with Gasteiger partial charge in [0.15, 0.2) is 5.82 Å². The fourth-order valence-electron chi connectivity index (χ4n) is 4.12. The zero-order valence-corrected chi connectivity index (χ0v) is 17.3. The number of morpholine rings is 1. The molecule has 1 atom stereocenters. The van der Waals surface area contributed by atoms with Gasteiger partial charge in [-0.25, -0.2) is 9.97 Å². The van der Waals surface area contributed by atoms with Crippen LogP contribution in [0.25, 0.3) is 22.6 Å². The summed E-state index contributed by atoms with van der Waals surface area (Å²) in [5.41, 5.74) is 10.8. The molecule has 2 aliphatic rings. The molecular formula is C23H26N6O2. The van der Waals surface area contributed by atoms with Crippen LogP contribution < -0.4 is 15.5 Å². The van der Waals surface area contributed by atoms with E-state index in [1.54, 1.807) is 12.4 Å². The second kappa shape index (κ2) is 8.49. The van der Waals surface area contributed by atoms with Gasteiger partial charge < -0.3 is 25.4 Å². The third kappa shape index (κ3) is 4.17. The summed E-state index contributed by atoms with van der Waals surface area (Å²) in [6.07, 6.45) is 3.90. The van der Waals surface area contributed by atoms with E-state index < -0.39 is 0 Å². The van der Waals surface area contributed by atoms with Crippen molar-refractivity contribution in [2.75, 3.05) is 54.9 Å². The molecule has 0 radical (unpaired) electrons. The van der Waals surface area contributed by atoms with Gasteiger partial charge in [-0.2, -0.15) is 0 Å². The first kappa shape index (κ1) is 19.7. The number of pyridine rings is 1. The normalized spacial score (nSPS) is 19.1. The highest BCUT2D eigenvalue weighted by atomic mass is 16.5. The van der Waals surface area contributed by atoms with Gasteiger partial charge in [0.05, 0.1) is 36.4 Å². The van der Waals surface area contributed by atoms with Crippen molar-refractivity contribution in [2.24, 2.45) is 0 Å². The first-order valence-electron chi connectivity index (χ1n) is 10.6. The van der Waals surface area contributed by atoms with E-state index in [2.05, 4.69) is 26.9 Å². The van der Waals surface area contributed by atoms with Gasteiger partial charge in [-0.3, -0.25) is 4.98 Å². The van der Waals surface area contributed by atoms with E-state index in [-0.39, 0.29) is 6.10 Å². The Morgan fingerprint density at radius 2 is 1.87 bits per heavy atom. The highest BCUT2D eigenvalue weighted by molar-refractivity contribution is 5.77. The van der Waals surface area contributed by atoms with Crippen LogP contribution in [0.2, 0.25) is 0 Å². The molecule has 2 aliphatic heterocycles. The van der Waals surface area contributed by atoms with E-state index in [0.717, 1.165) is 60.1 Å². The standard InChI is InChI=1S/C23H26N6O2/c24-19-12-16(3-4-21(19)28-8-10-31-11-9-28)20-13-22(29-7-5-18(30)15-29)27-23(26-20)17-2-1-6-25-14-17/h1-4,6,12-14,18,30H,5,7-11,15,24H2/t18-/m0/s1. The van der Waals surface area contributed by atoms with E-state index in [0.29, 0.717) is 25.6 Å². The molecule has 31 heavy (non-hydrogen) atoms. The van der Waals surface area contributed by atoms with Crippen molar-refractivity contribution in [1.82, 2.24) is 15.0 Å². The van der Waals surface area contributed by atoms with E-state index in [1.165, 1.54) is 0 Å². The monoisotopic (exact) mass is 418 g/mol. The first-order valence-corrected chi connectivity index (χ1v) is 10.6. The Kier molecular flexibility index (Phi) is 5.40. The summed E-state index contributed by atoms with van der Waals surface area (Å²) in [6.45, 7) is 4.44. The van der Waals surface area contributed by atoms with Gasteiger partial charge in [0.2, 0.25) is 0 Å². The number of nitrogen functional groups attached to an aromatic ring is 1. The van der Waals surface area contributed by atoms with Crippen molar-refractivity contribution in [3.05, 3.63) is 48.8 Å². The molecule has 1 aromatic carbocycles. The van der Waals surface area contributed by atoms with E-state index in [1.807, 2.05) is 24.3 Å². The minimum Gasteiger partial charge on any atom is -0.397 e. The SMILES string of the molecule is Nc1cc(-c2cc(N3CC[C@H](O)C3)nc(-c3cccnc3)n2)ccc1N1CCOCC1. The van der Waals surface area contributed by atoms with Crippen LogP contribution >= 0.6 is 0 Å². The van der Waals surface area contributed by atoms with Gasteiger partial charge in [-0.1, -0.05) is 6.07 Å². The van der Waals surface area contributed by atoms with Crippen LogP contribution in [0.3, 0.4) is 0 Å². The third-order valence-corrected chi connectivity index (χ3v) is 5.79. The molecule has 0 amide bonds. The number of β-amino-alcohol motifs (C(OH)–C–C–N with tert-alkyl or cyclic N) is 1. The zero-order chi connectivity index (χ0) is 21.2. The molecule has 3 N–H and O–H groups in total. The molecule has 8 heteroatoms. The van der Waals surface area contributed by atoms with Crippen LogP contribution in [0.15, 0.2) is 48.8 Å². The van der Waals surface area contributed by atoms with Gasteiger partial charge in [-0.15, -0.1) is 0 Å². The fraction of sp³-hybridized carbons (Fsp3) is 0.348. The second-order valence-electron chi connectivity index (χ2n) is 7.94. The van der Waals surface area contributed by atoms with Crippen LogP contribution in [-0.4, -0.2) is 65.6 Å². The molecule has 0 bridgehead atoms. The van der Waals surface area contributed by atoms with Crippen LogP contribution in [0.4, 0.5) is 17.2 Å². The number of aliphatic hydroxyl groups excluding tert-OH is 1. The Labute approximate surface area is 181 Å². The van der Waals surface area contributed by atoms with Crippen LogP contribution in [0.1, 0.15) is 6.42 Å². The number of nitrogens with zero attached hydrogens (tertiary/aromatic N) is 5. The number of anilines is 3. The molecule has 160 valence electrons. The van der Waals surface area contributed by atoms with Gasteiger partial charge in [0.25, 0.3) is 0 Å². The Morgan fingerprint density at radius 3 is 2.58 bits per heavy atom. The molecule has 4 heterocycles. The van der Waals surface area contributed by atoms with Crippen LogP contribution in [-0.2, 0) is 4.74 Å². The highest BCUT2D eigenvalue weighted by Gasteiger charge is 2.23. The number of hydrogen-bond donors (Lipinski definition) is 2. The lowest BCUT2D eigenvalue weighted by molar-refractivity contribution is 0.123. The molecule has 2 fully saturated rings. The average molecular weight is 419 g/mol. The third-order valence-electron chi connectivity index (χ3n) is 5.79. The summed E-state index contributed by atoms with van der Waals surface area (Å²) in [5, 5.41) is 10.00. The van der Waals surface area contributed by atoms with Gasteiger partial charge >= 0.3 is 0 Å². The minimum absolute atomic E-state index is 0.330. The topological polar surface area (TPSA) is 101 Å². The zero-order valence-electron chi connectivity index (χ0n) is 17.3. The summed E-state index contributed by atoms with van der Waals surface area (Å²) >= 11 is 0. The van der Waals surface area contributed by atoms with E-state index >= 15 is 0 Å². The summed E-state index contributed by atoms with van der Waals surface area (Å²) in [4.78, 5) is 18.1. The van der Waals surface area contributed by atoms with E-state index in [9.17, 15) is 5.11 Å². The lowest BCUT2D eigenvalue weighted by Gasteiger charge is -2.30. The number of nitrogens with two attached hydrogens (primary N) is 1. The van der Waals surface area contributed by atoms with Crippen molar-refractivity contribution in [3.8, 4) is 22.6 Å². The molecule has 0 unspecified atom stereocenters. The van der Waals surface area contributed by atoms with Gasteiger partial charge in [0.1, 0.15) is 5.82 Å². The summed E-state index contributed by atoms with van der Waals surface area (Å²) in [6, 6.07) is 11.9. The smallest absolute Gasteiger partial charge is 0.163 e. The maximum atomic E-state index is 10.00. The largest absolute Gasteiger partial charge is 0.397 e. The molecule has 2 saturated heterocycles. The van der Waals surface area contributed by atoms with E-state index in [4.69, 9.17) is 20.4 Å². The first-order chi connectivity index (χ1) is 15.2. The van der Waals surface area contributed by atoms with Crippen molar-refractivity contribution in [3.63, 3.8) is 0 Å². The molecule has 3 aromatic rings. The average Bonchev–Trinajstić information content (AvgIpc) is 3.26. The number of hydrogen-bond acceptors (Lipinski definition) is 8. The number of rotatable bonds is 4. The highest BCUT2D eigenvalue weighted by Crippen LogP contribution is 2.32. The number of aliphatic hydroxyl groups is 1. The quantitative estimate of drug-likeness (QED) is 0.622. The molecular weight excluding hydrogens is 392 g/mol. The second-order valence-corrected chi connectivity index (χ2v) is 7.94. The summed E-state index contributed by atoms with van der Waals surface area (Å²) in [5.74, 6) is 1.41. The Bertz CT molecular complexity index is 1060. The number of ether oxygens (including phenoxy) is 1. The Hall–Kier alpha value is -3.23. The molecule has 0 aliphatic carbocycles. The summed E-state index contributed by atoms with van der Waals surface area (Å²) < 4.78 is 5.45. The van der Waals surface area contributed by atoms with Gasteiger partial charge in [-0.05, 0) is 30.7 Å². The van der Waals surface area contributed by atoms with Crippen molar-refractivity contribution in [1.29, 1.82) is 0 Å². The molecule has 0 saturated carbocycles. The molecule has 8 nitrogen and oxygen atoms in total. The maximum absolute atomic E-state index is 10.00. The fourth-order valence-corrected chi connectivity index (χ4v) is 4.12. The van der Waals surface area contributed by atoms with Crippen LogP contribution in [0, 0.1) is 0 Å². The van der Waals surface area contributed by atoms with Gasteiger partial charge in [0, 0.05) is 55.8 Å².